The van der Waals surface area contributed by atoms with Crippen molar-refractivity contribution in [1.29, 1.82) is 10.5 Å². The monoisotopic (exact) mass is 350 g/mol. The Morgan fingerprint density at radius 2 is 1.76 bits per heavy atom. The summed E-state index contributed by atoms with van der Waals surface area (Å²) in [5, 5.41) is 46.5. The number of rotatable bonds is 6. The molecule has 10 nitrogen and oxygen atoms in total. The summed E-state index contributed by atoms with van der Waals surface area (Å²) >= 11 is 0. The first kappa shape index (κ1) is 18.8. The van der Waals surface area contributed by atoms with Crippen molar-refractivity contribution in [3.05, 3.63) is 32.6 Å². The number of ether oxygens (including phenoxy) is 1. The van der Waals surface area contributed by atoms with E-state index >= 15 is 0 Å². The summed E-state index contributed by atoms with van der Waals surface area (Å²) < 4.78 is 7.32. The summed E-state index contributed by atoms with van der Waals surface area (Å²) in [7, 11) is 0. The van der Waals surface area contributed by atoms with Gasteiger partial charge in [0.1, 0.15) is 24.4 Å². The second kappa shape index (κ2) is 8.05. The molecule has 2 rings (SSSR count). The van der Waals surface area contributed by atoms with Gasteiger partial charge in [0.2, 0.25) is 0 Å². The second-order valence-corrected chi connectivity index (χ2v) is 5.59. The van der Waals surface area contributed by atoms with Gasteiger partial charge in [0, 0.05) is 19.3 Å². The minimum atomic E-state index is -1.46. The van der Waals surface area contributed by atoms with Gasteiger partial charge in [-0.15, -0.1) is 0 Å². The summed E-state index contributed by atoms with van der Waals surface area (Å²) in [5.74, 6) is 0. The Morgan fingerprint density at radius 1 is 1.12 bits per heavy atom. The van der Waals surface area contributed by atoms with Crippen LogP contribution in [0, 0.1) is 22.7 Å². The lowest BCUT2D eigenvalue weighted by Gasteiger charge is -2.17. The zero-order chi connectivity index (χ0) is 18.6. The zero-order valence-corrected chi connectivity index (χ0v) is 13.3. The molecule has 4 atom stereocenters. The molecule has 0 unspecified atom stereocenters. The quantitative estimate of drug-likeness (QED) is 0.530. The number of aliphatic hydroxyl groups is 3. The van der Waals surface area contributed by atoms with Crippen molar-refractivity contribution in [3.63, 3.8) is 0 Å². The van der Waals surface area contributed by atoms with Gasteiger partial charge >= 0.3 is 5.69 Å². The third kappa shape index (κ3) is 3.62. The lowest BCUT2D eigenvalue weighted by atomic mass is 10.0. The van der Waals surface area contributed by atoms with Crippen LogP contribution >= 0.6 is 0 Å². The molecule has 134 valence electrons. The number of hydrogen-bond donors (Lipinski definition) is 3. The van der Waals surface area contributed by atoms with Gasteiger partial charge in [0.15, 0.2) is 0 Å². The van der Waals surface area contributed by atoms with Crippen LogP contribution in [0.1, 0.15) is 24.5 Å². The lowest BCUT2D eigenvalue weighted by molar-refractivity contribution is -0.0235. The van der Waals surface area contributed by atoms with E-state index in [0.29, 0.717) is 0 Å². The van der Waals surface area contributed by atoms with E-state index in [-0.39, 0.29) is 31.5 Å². The molecule has 1 fully saturated rings. The molecule has 0 bridgehead atoms. The Hall–Kier alpha value is -2.50. The molecule has 10 heteroatoms. The van der Waals surface area contributed by atoms with E-state index in [1.54, 1.807) is 0 Å². The normalized spacial score (nSPS) is 25.5. The van der Waals surface area contributed by atoms with Crippen LogP contribution in [-0.2, 0) is 17.8 Å². The SMILES string of the molecule is N#CCCn1cc([C@@H]2O[C@H](CO)[C@@H](O)[C@H]2O)c(=O)n(CCC#N)c1=O. The van der Waals surface area contributed by atoms with Crippen LogP contribution in [0.4, 0.5) is 0 Å². The maximum absolute atomic E-state index is 12.6. The summed E-state index contributed by atoms with van der Waals surface area (Å²) in [6.45, 7) is -0.682. The van der Waals surface area contributed by atoms with Crippen molar-refractivity contribution in [1.82, 2.24) is 9.13 Å². The fourth-order valence-electron chi connectivity index (χ4n) is 2.72. The van der Waals surface area contributed by atoms with Crippen molar-refractivity contribution in [2.24, 2.45) is 0 Å². The van der Waals surface area contributed by atoms with E-state index in [9.17, 15) is 19.8 Å². The zero-order valence-electron chi connectivity index (χ0n) is 13.3. The van der Waals surface area contributed by atoms with Gasteiger partial charge in [-0.1, -0.05) is 0 Å². The Kier molecular flexibility index (Phi) is 6.07. The molecule has 0 amide bonds. The van der Waals surface area contributed by atoms with Crippen molar-refractivity contribution >= 4 is 0 Å². The molecule has 0 radical (unpaired) electrons. The van der Waals surface area contributed by atoms with Gasteiger partial charge in [0.05, 0.1) is 37.2 Å². The standard InChI is InChI=1S/C15H18N4O6/c16-3-1-5-18-7-9(13-12(22)11(21)10(8-20)25-13)14(23)19(15(18)24)6-2-4-17/h7,10-13,20-22H,1-2,5-6,8H2/t10-,11-,12-,13+/m1/s1. The molecule has 0 aromatic carbocycles. The summed E-state index contributed by atoms with van der Waals surface area (Å²) in [6, 6.07) is 3.73. The van der Waals surface area contributed by atoms with Crippen LogP contribution in [-0.4, -0.2) is 49.4 Å². The van der Waals surface area contributed by atoms with Crippen molar-refractivity contribution in [2.75, 3.05) is 6.61 Å². The van der Waals surface area contributed by atoms with E-state index in [1.807, 2.05) is 12.1 Å². The molecule has 1 aromatic rings. The Labute approximate surface area is 142 Å². The number of nitriles is 2. The second-order valence-electron chi connectivity index (χ2n) is 5.59. The third-order valence-electron chi connectivity index (χ3n) is 4.02. The van der Waals surface area contributed by atoms with Crippen molar-refractivity contribution in [2.45, 2.75) is 50.3 Å². The van der Waals surface area contributed by atoms with Crippen LogP contribution in [0.15, 0.2) is 15.8 Å². The molecule has 0 spiro atoms. The predicted octanol–water partition coefficient (Wildman–Crippen LogP) is -2.01. The smallest absolute Gasteiger partial charge is 0.331 e. The van der Waals surface area contributed by atoms with Crippen LogP contribution in [0.5, 0.6) is 0 Å². The Balaban J connectivity index is 2.54. The maximum atomic E-state index is 12.6. The van der Waals surface area contributed by atoms with E-state index in [0.717, 1.165) is 9.13 Å². The third-order valence-corrected chi connectivity index (χ3v) is 4.02. The molecule has 0 saturated carbocycles. The fraction of sp³-hybridized carbons (Fsp3) is 0.600. The first-order valence-electron chi connectivity index (χ1n) is 7.66. The van der Waals surface area contributed by atoms with E-state index in [1.165, 1.54) is 6.20 Å². The minimum absolute atomic E-state index is 0.0178. The van der Waals surface area contributed by atoms with Crippen LogP contribution < -0.4 is 11.2 Å². The van der Waals surface area contributed by atoms with Crippen LogP contribution in [0.25, 0.3) is 0 Å². The molecule has 1 aliphatic rings. The van der Waals surface area contributed by atoms with Gasteiger partial charge in [-0.25, -0.2) is 4.79 Å². The Bertz CT molecular complexity index is 817. The molecule has 3 N–H and O–H groups in total. The molecular formula is C15H18N4O6. The first-order valence-corrected chi connectivity index (χ1v) is 7.66. The van der Waals surface area contributed by atoms with Crippen molar-refractivity contribution in [3.8, 4) is 12.1 Å². The van der Waals surface area contributed by atoms with Crippen LogP contribution in [0.2, 0.25) is 0 Å². The van der Waals surface area contributed by atoms with Crippen molar-refractivity contribution < 1.29 is 20.1 Å². The predicted molar refractivity (Wildman–Crippen MR) is 82.1 cm³/mol. The molecule has 0 aliphatic carbocycles. The number of nitrogens with zero attached hydrogens (tertiary/aromatic N) is 4. The fourth-order valence-corrected chi connectivity index (χ4v) is 2.72. The lowest BCUT2D eigenvalue weighted by Crippen LogP contribution is -2.43. The molecule has 25 heavy (non-hydrogen) atoms. The van der Waals surface area contributed by atoms with E-state index in [2.05, 4.69) is 0 Å². The number of aliphatic hydroxyl groups excluding tert-OH is 3. The average Bonchev–Trinajstić information content (AvgIpc) is 2.89. The van der Waals surface area contributed by atoms with E-state index in [4.69, 9.17) is 20.4 Å². The molecular weight excluding hydrogens is 332 g/mol. The van der Waals surface area contributed by atoms with E-state index < -0.39 is 42.3 Å². The van der Waals surface area contributed by atoms with Gasteiger partial charge in [0.25, 0.3) is 5.56 Å². The molecule has 1 saturated heterocycles. The van der Waals surface area contributed by atoms with Gasteiger partial charge in [-0.05, 0) is 0 Å². The highest BCUT2D eigenvalue weighted by Crippen LogP contribution is 2.31. The topological polar surface area (TPSA) is 162 Å². The summed E-state index contributed by atoms with van der Waals surface area (Å²) in [5.41, 5.74) is -1.51. The van der Waals surface area contributed by atoms with Gasteiger partial charge in [-0.3, -0.25) is 13.9 Å². The largest absolute Gasteiger partial charge is 0.394 e. The Morgan fingerprint density at radius 3 is 2.32 bits per heavy atom. The first-order chi connectivity index (χ1) is 12.0. The average molecular weight is 350 g/mol. The highest BCUT2D eigenvalue weighted by molar-refractivity contribution is 5.15. The minimum Gasteiger partial charge on any atom is -0.394 e. The van der Waals surface area contributed by atoms with Gasteiger partial charge < -0.3 is 20.1 Å². The number of aryl methyl sites for hydroxylation is 1. The highest BCUT2D eigenvalue weighted by Gasteiger charge is 2.44. The van der Waals surface area contributed by atoms with Crippen LogP contribution in [0.3, 0.4) is 0 Å². The summed E-state index contributed by atoms with van der Waals surface area (Å²) in [4.78, 5) is 24.9. The maximum Gasteiger partial charge on any atom is 0.331 e. The summed E-state index contributed by atoms with van der Waals surface area (Å²) in [6.07, 6.45) is -4.02. The highest BCUT2D eigenvalue weighted by atomic mass is 16.6. The molecule has 1 aliphatic heterocycles. The number of aromatic nitrogens is 2. The van der Waals surface area contributed by atoms with Gasteiger partial charge in [-0.2, -0.15) is 10.5 Å². The molecule has 1 aromatic heterocycles. The number of hydrogen-bond acceptors (Lipinski definition) is 8. The molecule has 2 heterocycles.